The van der Waals surface area contributed by atoms with Gasteiger partial charge in [-0.1, -0.05) is 28.1 Å². The van der Waals surface area contributed by atoms with Crippen molar-refractivity contribution in [1.82, 2.24) is 0 Å². The van der Waals surface area contributed by atoms with E-state index in [0.717, 1.165) is 11.1 Å². The van der Waals surface area contributed by atoms with E-state index in [9.17, 15) is 4.79 Å². The summed E-state index contributed by atoms with van der Waals surface area (Å²) in [5.74, 6) is -0.305. The molecule has 0 heterocycles. The van der Waals surface area contributed by atoms with E-state index in [-0.39, 0.29) is 5.97 Å². The third-order valence-corrected chi connectivity index (χ3v) is 2.94. The van der Waals surface area contributed by atoms with Gasteiger partial charge in [0.15, 0.2) is 0 Å². The number of hydrogen-bond acceptors (Lipinski definition) is 3. The highest BCUT2D eigenvalue weighted by Crippen LogP contribution is 2.17. The molecule has 0 N–H and O–H groups in total. The average Bonchev–Trinajstić information content (AvgIpc) is 2.36. The van der Waals surface area contributed by atoms with Crippen molar-refractivity contribution in [1.29, 1.82) is 5.26 Å². The van der Waals surface area contributed by atoms with Crippen LogP contribution in [-0.4, -0.2) is 12.6 Å². The average molecular weight is 296 g/mol. The van der Waals surface area contributed by atoms with Crippen molar-refractivity contribution in [2.75, 3.05) is 6.61 Å². The molecule has 0 fully saturated rings. The first kappa shape index (κ1) is 13.7. The maximum Gasteiger partial charge on any atom is 0.338 e. The van der Waals surface area contributed by atoms with E-state index in [1.807, 2.05) is 18.2 Å². The first-order valence-corrected chi connectivity index (χ1v) is 6.57. The molecule has 0 unspecified atom stereocenters. The molecule has 0 amide bonds. The molecule has 0 spiro atoms. The standard InChI is InChI=1S/C13H14BrNO2/c1-2-17-13(16)12-8-10(4-3-7-15)5-6-11(12)9-14/h5-6,8H,2-4,9H2,1H3. The van der Waals surface area contributed by atoms with Crippen LogP contribution in [0, 0.1) is 11.3 Å². The van der Waals surface area contributed by atoms with Crippen LogP contribution >= 0.6 is 15.9 Å². The summed E-state index contributed by atoms with van der Waals surface area (Å²) in [6.07, 6.45) is 1.11. The van der Waals surface area contributed by atoms with Crippen LogP contribution in [0.25, 0.3) is 0 Å². The van der Waals surface area contributed by atoms with Gasteiger partial charge in [-0.15, -0.1) is 0 Å². The highest BCUT2D eigenvalue weighted by molar-refractivity contribution is 9.08. The second kappa shape index (κ2) is 7.08. The Kier molecular flexibility index (Phi) is 5.71. The first-order valence-electron chi connectivity index (χ1n) is 5.44. The van der Waals surface area contributed by atoms with Gasteiger partial charge < -0.3 is 4.74 Å². The lowest BCUT2D eigenvalue weighted by Crippen LogP contribution is -2.08. The highest BCUT2D eigenvalue weighted by atomic mass is 79.9. The lowest BCUT2D eigenvalue weighted by Gasteiger charge is -2.08. The molecule has 0 bridgehead atoms. The van der Waals surface area contributed by atoms with E-state index >= 15 is 0 Å². The van der Waals surface area contributed by atoms with Gasteiger partial charge in [0.25, 0.3) is 0 Å². The second-order valence-electron chi connectivity index (χ2n) is 3.50. The predicted molar refractivity (Wildman–Crippen MR) is 69.0 cm³/mol. The summed E-state index contributed by atoms with van der Waals surface area (Å²) in [5.41, 5.74) is 2.47. The minimum atomic E-state index is -0.305. The zero-order chi connectivity index (χ0) is 12.7. The van der Waals surface area contributed by atoms with Crippen LogP contribution in [0.3, 0.4) is 0 Å². The number of rotatable bonds is 5. The quantitative estimate of drug-likeness (QED) is 0.619. The van der Waals surface area contributed by atoms with Gasteiger partial charge >= 0.3 is 5.97 Å². The molecule has 1 aromatic carbocycles. The largest absolute Gasteiger partial charge is 0.462 e. The predicted octanol–water partition coefficient (Wildman–Crippen LogP) is 3.21. The van der Waals surface area contributed by atoms with Crippen molar-refractivity contribution >= 4 is 21.9 Å². The third-order valence-electron chi connectivity index (χ3n) is 2.34. The maximum absolute atomic E-state index is 11.7. The van der Waals surface area contributed by atoms with Gasteiger partial charge in [0, 0.05) is 11.8 Å². The number of nitrogens with zero attached hydrogens (tertiary/aromatic N) is 1. The number of hydrogen-bond donors (Lipinski definition) is 0. The van der Waals surface area contributed by atoms with Crippen molar-refractivity contribution in [2.24, 2.45) is 0 Å². The van der Waals surface area contributed by atoms with E-state index in [0.29, 0.717) is 30.3 Å². The molecular formula is C13H14BrNO2. The molecule has 0 saturated carbocycles. The van der Waals surface area contributed by atoms with E-state index in [2.05, 4.69) is 22.0 Å². The van der Waals surface area contributed by atoms with Crippen molar-refractivity contribution in [2.45, 2.75) is 25.1 Å². The Morgan fingerprint density at radius 1 is 1.53 bits per heavy atom. The Bertz CT molecular complexity index is 438. The maximum atomic E-state index is 11.7. The zero-order valence-electron chi connectivity index (χ0n) is 9.70. The summed E-state index contributed by atoms with van der Waals surface area (Å²) in [6, 6.07) is 7.74. The van der Waals surface area contributed by atoms with Crippen LogP contribution in [0.2, 0.25) is 0 Å². The molecule has 90 valence electrons. The fraction of sp³-hybridized carbons (Fsp3) is 0.385. The van der Waals surface area contributed by atoms with Crippen LogP contribution in [0.15, 0.2) is 18.2 Å². The van der Waals surface area contributed by atoms with Crippen LogP contribution in [0.4, 0.5) is 0 Å². The minimum Gasteiger partial charge on any atom is -0.462 e. The highest BCUT2D eigenvalue weighted by Gasteiger charge is 2.12. The number of carbonyl (C=O) groups excluding carboxylic acids is 1. The number of benzene rings is 1. The summed E-state index contributed by atoms with van der Waals surface area (Å²) in [4.78, 5) is 11.7. The lowest BCUT2D eigenvalue weighted by atomic mass is 10.0. The zero-order valence-corrected chi connectivity index (χ0v) is 11.3. The fourth-order valence-electron chi connectivity index (χ4n) is 1.49. The van der Waals surface area contributed by atoms with Crippen molar-refractivity contribution in [3.63, 3.8) is 0 Å². The van der Waals surface area contributed by atoms with Crippen molar-refractivity contribution in [3.05, 3.63) is 34.9 Å². The molecule has 4 heteroatoms. The number of aryl methyl sites for hydroxylation is 1. The summed E-state index contributed by atoms with van der Waals surface area (Å²) < 4.78 is 5.01. The topological polar surface area (TPSA) is 50.1 Å². The fourth-order valence-corrected chi connectivity index (χ4v) is 1.98. The molecule has 0 saturated heterocycles. The Labute approximate surface area is 110 Å². The summed E-state index contributed by atoms with van der Waals surface area (Å²) in [6.45, 7) is 2.15. The summed E-state index contributed by atoms with van der Waals surface area (Å²) >= 11 is 3.34. The number of ether oxygens (including phenoxy) is 1. The molecule has 0 atom stereocenters. The number of nitriles is 1. The SMILES string of the molecule is CCOC(=O)c1cc(CCC#N)ccc1CBr. The molecule has 17 heavy (non-hydrogen) atoms. The minimum absolute atomic E-state index is 0.305. The van der Waals surface area contributed by atoms with Gasteiger partial charge in [0.1, 0.15) is 0 Å². The van der Waals surface area contributed by atoms with E-state index < -0.39 is 0 Å². The molecule has 0 radical (unpaired) electrons. The second-order valence-corrected chi connectivity index (χ2v) is 4.06. The monoisotopic (exact) mass is 295 g/mol. The number of carbonyl (C=O) groups is 1. The Morgan fingerprint density at radius 3 is 2.88 bits per heavy atom. The normalized spacial score (nSPS) is 9.71. The van der Waals surface area contributed by atoms with Gasteiger partial charge in [0.2, 0.25) is 0 Å². The molecule has 1 aromatic rings. The van der Waals surface area contributed by atoms with Gasteiger partial charge in [-0.2, -0.15) is 5.26 Å². The van der Waals surface area contributed by atoms with Gasteiger partial charge in [-0.05, 0) is 30.5 Å². The van der Waals surface area contributed by atoms with Gasteiger partial charge in [-0.3, -0.25) is 0 Å². The molecule has 0 aromatic heterocycles. The van der Waals surface area contributed by atoms with Crippen LogP contribution < -0.4 is 0 Å². The summed E-state index contributed by atoms with van der Waals surface area (Å²) in [5, 5.41) is 9.15. The number of esters is 1. The van der Waals surface area contributed by atoms with Gasteiger partial charge in [0.05, 0.1) is 18.2 Å². The van der Waals surface area contributed by atoms with Crippen LogP contribution in [0.1, 0.15) is 34.8 Å². The molecule has 0 aliphatic heterocycles. The van der Waals surface area contributed by atoms with Crippen molar-refractivity contribution < 1.29 is 9.53 Å². The lowest BCUT2D eigenvalue weighted by molar-refractivity contribution is 0.0525. The van der Waals surface area contributed by atoms with Crippen LogP contribution in [-0.2, 0) is 16.5 Å². The Morgan fingerprint density at radius 2 is 2.29 bits per heavy atom. The Hall–Kier alpha value is -1.34. The first-order chi connectivity index (χ1) is 8.22. The summed E-state index contributed by atoms with van der Waals surface area (Å²) in [7, 11) is 0. The van der Waals surface area contributed by atoms with E-state index in [1.54, 1.807) is 6.92 Å². The van der Waals surface area contributed by atoms with Gasteiger partial charge in [-0.25, -0.2) is 4.79 Å². The Balaban J connectivity index is 2.98. The van der Waals surface area contributed by atoms with E-state index in [1.165, 1.54) is 0 Å². The smallest absolute Gasteiger partial charge is 0.338 e. The third kappa shape index (κ3) is 3.86. The molecule has 0 aliphatic carbocycles. The number of alkyl halides is 1. The van der Waals surface area contributed by atoms with Crippen molar-refractivity contribution in [3.8, 4) is 6.07 Å². The molecule has 1 rings (SSSR count). The van der Waals surface area contributed by atoms with Crippen LogP contribution in [0.5, 0.6) is 0 Å². The molecule has 3 nitrogen and oxygen atoms in total. The number of halogens is 1. The molecular weight excluding hydrogens is 282 g/mol. The molecule has 0 aliphatic rings. The van der Waals surface area contributed by atoms with E-state index in [4.69, 9.17) is 10.00 Å².